The highest BCUT2D eigenvalue weighted by Gasteiger charge is 2.16. The lowest BCUT2D eigenvalue weighted by Crippen LogP contribution is -2.36. The van der Waals surface area contributed by atoms with Gasteiger partial charge < -0.3 is 9.64 Å². The number of hydrogen-bond acceptors (Lipinski definition) is 4. The molecule has 0 N–H and O–H groups in total. The summed E-state index contributed by atoms with van der Waals surface area (Å²) in [6, 6.07) is 12.0. The van der Waals surface area contributed by atoms with Gasteiger partial charge in [-0.3, -0.25) is 4.79 Å². The van der Waals surface area contributed by atoms with Crippen LogP contribution in [0.5, 0.6) is 10.9 Å². The van der Waals surface area contributed by atoms with Crippen LogP contribution in [0.2, 0.25) is 0 Å². The number of aromatic nitrogens is 1. The Morgan fingerprint density at radius 1 is 1.12 bits per heavy atom. The van der Waals surface area contributed by atoms with Crippen LogP contribution in [0.4, 0.5) is 4.39 Å². The summed E-state index contributed by atoms with van der Waals surface area (Å²) in [5.74, 6) is 0.556. The molecule has 1 saturated heterocycles. The highest BCUT2D eigenvalue weighted by molar-refractivity contribution is 7.20. The first-order chi connectivity index (χ1) is 12.7. The first kappa shape index (κ1) is 17.0. The van der Waals surface area contributed by atoms with E-state index in [-0.39, 0.29) is 11.7 Å². The van der Waals surface area contributed by atoms with Gasteiger partial charge in [-0.1, -0.05) is 23.5 Å². The summed E-state index contributed by atoms with van der Waals surface area (Å²) in [6.45, 7) is 1.75. The Kier molecular flexibility index (Phi) is 4.84. The molecule has 1 aromatic heterocycles. The summed E-state index contributed by atoms with van der Waals surface area (Å²) in [5.41, 5.74) is 1.69. The van der Waals surface area contributed by atoms with Crippen LogP contribution < -0.4 is 4.74 Å². The Balaban J connectivity index is 1.41. The zero-order valence-electron chi connectivity index (χ0n) is 14.3. The fourth-order valence-electron chi connectivity index (χ4n) is 3.13. The Morgan fingerprint density at radius 2 is 1.88 bits per heavy atom. The number of hydrogen-bond donors (Lipinski definition) is 0. The van der Waals surface area contributed by atoms with Gasteiger partial charge >= 0.3 is 0 Å². The zero-order chi connectivity index (χ0) is 17.9. The second-order valence-electron chi connectivity index (χ2n) is 6.46. The SMILES string of the molecule is O=C(Cc1ccc(Oc2nc3ccc(F)cc3s2)cc1)N1CCCCC1. The summed E-state index contributed by atoms with van der Waals surface area (Å²) < 4.78 is 19.8. The maximum absolute atomic E-state index is 13.3. The third-order valence-corrected chi connectivity index (χ3v) is 5.42. The topological polar surface area (TPSA) is 42.4 Å². The second kappa shape index (κ2) is 7.41. The van der Waals surface area contributed by atoms with Gasteiger partial charge in [-0.2, -0.15) is 0 Å². The Hall–Kier alpha value is -2.47. The molecule has 134 valence electrons. The standard InChI is InChI=1S/C20H19FN2O2S/c21-15-6-9-17-18(13-15)26-20(22-17)25-16-7-4-14(5-8-16)12-19(24)23-10-2-1-3-11-23/h4-9,13H,1-3,10-12H2. The van der Waals surface area contributed by atoms with Gasteiger partial charge in [0.2, 0.25) is 5.91 Å². The van der Waals surface area contributed by atoms with Crippen molar-refractivity contribution in [3.05, 3.63) is 53.8 Å². The molecule has 0 unspecified atom stereocenters. The largest absolute Gasteiger partial charge is 0.431 e. The van der Waals surface area contributed by atoms with Gasteiger partial charge in [-0.05, 0) is 55.2 Å². The lowest BCUT2D eigenvalue weighted by molar-refractivity contribution is -0.131. The minimum Gasteiger partial charge on any atom is -0.431 e. The predicted molar refractivity (Wildman–Crippen MR) is 100 cm³/mol. The van der Waals surface area contributed by atoms with Crippen LogP contribution in [0.3, 0.4) is 0 Å². The van der Waals surface area contributed by atoms with E-state index in [1.54, 1.807) is 6.07 Å². The molecule has 0 atom stereocenters. The average Bonchev–Trinajstić information content (AvgIpc) is 3.05. The van der Waals surface area contributed by atoms with Crippen molar-refractivity contribution >= 4 is 27.5 Å². The Morgan fingerprint density at radius 3 is 2.65 bits per heavy atom. The van der Waals surface area contributed by atoms with Crippen molar-refractivity contribution in [3.8, 4) is 10.9 Å². The number of nitrogens with zero attached hydrogens (tertiary/aromatic N) is 2. The number of benzene rings is 2. The Labute approximate surface area is 155 Å². The number of likely N-dealkylation sites (tertiary alicyclic amines) is 1. The van der Waals surface area contributed by atoms with Crippen LogP contribution in [0.15, 0.2) is 42.5 Å². The minimum absolute atomic E-state index is 0.187. The summed E-state index contributed by atoms with van der Waals surface area (Å²) in [7, 11) is 0. The molecule has 0 aliphatic carbocycles. The lowest BCUT2D eigenvalue weighted by atomic mass is 10.1. The van der Waals surface area contributed by atoms with Crippen LogP contribution in [-0.2, 0) is 11.2 Å². The molecule has 4 nitrogen and oxygen atoms in total. The van der Waals surface area contributed by atoms with Crippen molar-refractivity contribution in [1.82, 2.24) is 9.88 Å². The number of carbonyl (C=O) groups is 1. The summed E-state index contributed by atoms with van der Waals surface area (Å²) in [4.78, 5) is 18.6. The number of amides is 1. The number of carbonyl (C=O) groups excluding carboxylic acids is 1. The summed E-state index contributed by atoms with van der Waals surface area (Å²) in [6.07, 6.45) is 3.84. The quantitative estimate of drug-likeness (QED) is 0.664. The van der Waals surface area contributed by atoms with E-state index in [4.69, 9.17) is 4.74 Å². The van der Waals surface area contributed by atoms with E-state index >= 15 is 0 Å². The van der Waals surface area contributed by atoms with Crippen LogP contribution in [-0.4, -0.2) is 28.9 Å². The van der Waals surface area contributed by atoms with Crippen molar-refractivity contribution in [2.75, 3.05) is 13.1 Å². The second-order valence-corrected chi connectivity index (χ2v) is 7.45. The van der Waals surface area contributed by atoms with E-state index in [1.165, 1.54) is 29.9 Å². The smallest absolute Gasteiger partial charge is 0.279 e. The third kappa shape index (κ3) is 3.85. The van der Waals surface area contributed by atoms with E-state index in [0.717, 1.165) is 41.7 Å². The maximum Gasteiger partial charge on any atom is 0.279 e. The first-order valence-electron chi connectivity index (χ1n) is 8.78. The van der Waals surface area contributed by atoms with Gasteiger partial charge in [-0.15, -0.1) is 0 Å². The number of piperidine rings is 1. The number of thiazole rings is 1. The molecule has 0 saturated carbocycles. The molecule has 3 aromatic rings. The van der Waals surface area contributed by atoms with Crippen LogP contribution in [0.1, 0.15) is 24.8 Å². The van der Waals surface area contributed by atoms with E-state index in [2.05, 4.69) is 4.98 Å². The molecule has 2 heterocycles. The molecule has 1 amide bonds. The van der Waals surface area contributed by atoms with Gasteiger partial charge in [0.25, 0.3) is 5.19 Å². The third-order valence-electron chi connectivity index (χ3n) is 4.52. The maximum atomic E-state index is 13.3. The van der Waals surface area contributed by atoms with Crippen molar-refractivity contribution < 1.29 is 13.9 Å². The molecule has 4 rings (SSSR count). The number of halogens is 1. The lowest BCUT2D eigenvalue weighted by Gasteiger charge is -2.26. The molecule has 0 spiro atoms. The molecule has 1 aliphatic heterocycles. The normalized spacial score (nSPS) is 14.6. The summed E-state index contributed by atoms with van der Waals surface area (Å²) in [5, 5.41) is 0.475. The van der Waals surface area contributed by atoms with Crippen molar-refractivity contribution in [3.63, 3.8) is 0 Å². The van der Waals surface area contributed by atoms with Gasteiger partial charge in [0.1, 0.15) is 11.6 Å². The van der Waals surface area contributed by atoms with Crippen LogP contribution >= 0.6 is 11.3 Å². The monoisotopic (exact) mass is 370 g/mol. The highest BCUT2D eigenvalue weighted by Crippen LogP contribution is 2.31. The molecule has 2 aromatic carbocycles. The van der Waals surface area contributed by atoms with Crippen molar-refractivity contribution in [2.45, 2.75) is 25.7 Å². The fraction of sp³-hybridized carbons (Fsp3) is 0.300. The zero-order valence-corrected chi connectivity index (χ0v) is 15.1. The van der Waals surface area contributed by atoms with Crippen LogP contribution in [0.25, 0.3) is 10.2 Å². The molecule has 1 aliphatic rings. The molecular formula is C20H19FN2O2S. The van der Waals surface area contributed by atoms with Crippen molar-refractivity contribution in [2.24, 2.45) is 0 Å². The number of rotatable bonds is 4. The fourth-order valence-corrected chi connectivity index (χ4v) is 3.99. The van der Waals surface area contributed by atoms with Gasteiger partial charge in [0.05, 0.1) is 16.6 Å². The predicted octanol–water partition coefficient (Wildman–Crippen LogP) is 4.78. The van der Waals surface area contributed by atoms with Gasteiger partial charge in [0.15, 0.2) is 0 Å². The van der Waals surface area contributed by atoms with E-state index in [1.807, 2.05) is 29.2 Å². The van der Waals surface area contributed by atoms with Gasteiger partial charge in [-0.25, -0.2) is 9.37 Å². The molecule has 0 radical (unpaired) electrons. The molecule has 1 fully saturated rings. The molecule has 26 heavy (non-hydrogen) atoms. The number of ether oxygens (including phenoxy) is 1. The van der Waals surface area contributed by atoms with Crippen LogP contribution in [0, 0.1) is 5.82 Å². The first-order valence-corrected chi connectivity index (χ1v) is 9.60. The Bertz CT molecular complexity index is 917. The van der Waals surface area contributed by atoms with Gasteiger partial charge in [0, 0.05) is 13.1 Å². The van der Waals surface area contributed by atoms with E-state index in [9.17, 15) is 9.18 Å². The molecule has 0 bridgehead atoms. The van der Waals surface area contributed by atoms with E-state index in [0.29, 0.717) is 17.4 Å². The number of fused-ring (bicyclic) bond motifs is 1. The highest BCUT2D eigenvalue weighted by atomic mass is 32.1. The molecule has 6 heteroatoms. The minimum atomic E-state index is -0.282. The van der Waals surface area contributed by atoms with E-state index < -0.39 is 0 Å². The van der Waals surface area contributed by atoms with Crippen molar-refractivity contribution in [1.29, 1.82) is 0 Å². The summed E-state index contributed by atoms with van der Waals surface area (Å²) >= 11 is 1.31. The average molecular weight is 370 g/mol. The molecular weight excluding hydrogens is 351 g/mol.